The molecule has 2 N–H and O–H groups in total. The van der Waals surface area contributed by atoms with Crippen molar-refractivity contribution >= 4 is 35.0 Å². The minimum atomic E-state index is -0.784. The Bertz CT molecular complexity index is 365. The molecule has 1 amide bonds. The van der Waals surface area contributed by atoms with Crippen molar-refractivity contribution in [2.75, 3.05) is 12.3 Å². The highest BCUT2D eigenvalue weighted by Crippen LogP contribution is 2.16. The Morgan fingerprint density at radius 1 is 1.39 bits per heavy atom. The summed E-state index contributed by atoms with van der Waals surface area (Å²) in [6.45, 7) is 0.561. The van der Waals surface area contributed by atoms with Crippen LogP contribution in [0, 0.1) is 0 Å². The lowest BCUT2D eigenvalue weighted by molar-refractivity contribution is -0.137. The highest BCUT2D eigenvalue weighted by molar-refractivity contribution is 7.99. The van der Waals surface area contributed by atoms with Gasteiger partial charge in [-0.1, -0.05) is 6.07 Å². The maximum atomic E-state index is 11.4. The largest absolute Gasteiger partial charge is 0.481 e. The first-order valence-electron chi connectivity index (χ1n) is 5.77. The molecule has 1 aromatic rings. The normalized spacial score (nSPS) is 10.2. The number of nitrogens with one attached hydrogen (secondary N) is 1. The number of aliphatic carboxylic acids is 1. The molecular weight excluding hydrogens is 270 g/mol. The molecule has 0 saturated carbocycles. The molecule has 6 heteroatoms. The number of carbonyl (C=O) groups excluding carboxylic acids is 1. The number of amides is 1. The minimum Gasteiger partial charge on any atom is -0.481 e. The average Bonchev–Trinajstić information content (AvgIpc) is 2.81. The average molecular weight is 287 g/mol. The second-order valence-corrected chi connectivity index (χ2v) is 5.79. The van der Waals surface area contributed by atoms with Gasteiger partial charge in [0.15, 0.2) is 0 Å². The molecule has 4 nitrogen and oxygen atoms in total. The molecule has 0 fully saturated rings. The summed E-state index contributed by atoms with van der Waals surface area (Å²) < 4.78 is 0. The smallest absolute Gasteiger partial charge is 0.303 e. The van der Waals surface area contributed by atoms with Gasteiger partial charge in [-0.2, -0.15) is 0 Å². The van der Waals surface area contributed by atoms with Gasteiger partial charge in [-0.05, 0) is 24.3 Å². The van der Waals surface area contributed by atoms with E-state index in [0.717, 1.165) is 5.75 Å². The van der Waals surface area contributed by atoms with Crippen LogP contribution in [0.2, 0.25) is 0 Å². The van der Waals surface area contributed by atoms with Crippen LogP contribution in [0.25, 0.3) is 0 Å². The van der Waals surface area contributed by atoms with Crippen LogP contribution in [-0.4, -0.2) is 29.3 Å². The van der Waals surface area contributed by atoms with Gasteiger partial charge in [0.05, 0.1) is 5.75 Å². The molecule has 0 unspecified atom stereocenters. The van der Waals surface area contributed by atoms with Crippen molar-refractivity contribution in [2.24, 2.45) is 0 Å². The number of hydrogen-bond donors (Lipinski definition) is 2. The van der Waals surface area contributed by atoms with Crippen molar-refractivity contribution in [1.82, 2.24) is 5.32 Å². The maximum absolute atomic E-state index is 11.4. The van der Waals surface area contributed by atoms with Crippen molar-refractivity contribution in [3.8, 4) is 0 Å². The summed E-state index contributed by atoms with van der Waals surface area (Å²) in [6.07, 6.45) is 1.49. The molecule has 1 rings (SSSR count). The van der Waals surface area contributed by atoms with Crippen LogP contribution < -0.4 is 5.32 Å². The quantitative estimate of drug-likeness (QED) is 0.684. The predicted octanol–water partition coefficient (Wildman–Crippen LogP) is 2.35. The topological polar surface area (TPSA) is 66.4 Å². The summed E-state index contributed by atoms with van der Waals surface area (Å²) in [5.74, 6) is 0.556. The van der Waals surface area contributed by atoms with E-state index >= 15 is 0 Å². The lowest BCUT2D eigenvalue weighted by atomic mass is 10.2. The third-order valence-corrected chi connectivity index (χ3v) is 4.24. The zero-order chi connectivity index (χ0) is 13.2. The zero-order valence-corrected chi connectivity index (χ0v) is 11.7. The van der Waals surface area contributed by atoms with Gasteiger partial charge in [0, 0.05) is 23.6 Å². The van der Waals surface area contributed by atoms with E-state index in [1.54, 1.807) is 23.1 Å². The fourth-order valence-corrected chi connectivity index (χ4v) is 3.02. The molecule has 100 valence electrons. The van der Waals surface area contributed by atoms with Crippen LogP contribution in [0.15, 0.2) is 17.5 Å². The van der Waals surface area contributed by atoms with Gasteiger partial charge >= 0.3 is 5.97 Å². The zero-order valence-electron chi connectivity index (χ0n) is 10.1. The van der Waals surface area contributed by atoms with Crippen LogP contribution in [0.5, 0.6) is 0 Å². The van der Waals surface area contributed by atoms with Gasteiger partial charge in [-0.25, -0.2) is 0 Å². The Balaban J connectivity index is 1.95. The number of hydrogen-bond acceptors (Lipinski definition) is 4. The SMILES string of the molecule is O=C(O)CCCCNC(=O)CSCc1cccs1. The summed E-state index contributed by atoms with van der Waals surface area (Å²) in [6, 6.07) is 4.06. The molecule has 18 heavy (non-hydrogen) atoms. The van der Waals surface area contributed by atoms with Crippen LogP contribution in [-0.2, 0) is 15.3 Å². The summed E-state index contributed by atoms with van der Waals surface area (Å²) in [5.41, 5.74) is 0. The van der Waals surface area contributed by atoms with Gasteiger partial charge in [-0.15, -0.1) is 23.1 Å². The Morgan fingerprint density at radius 2 is 2.22 bits per heavy atom. The molecule has 1 aromatic heterocycles. The number of thiophene rings is 1. The van der Waals surface area contributed by atoms with Crippen LogP contribution in [0.3, 0.4) is 0 Å². The van der Waals surface area contributed by atoms with Gasteiger partial charge in [0.2, 0.25) is 5.91 Å². The fourth-order valence-electron chi connectivity index (χ4n) is 1.32. The number of unbranched alkanes of at least 4 members (excludes halogenated alkanes) is 1. The third kappa shape index (κ3) is 7.34. The third-order valence-electron chi connectivity index (χ3n) is 2.20. The van der Waals surface area contributed by atoms with E-state index in [0.29, 0.717) is 25.1 Å². The fraction of sp³-hybridized carbons (Fsp3) is 0.500. The Hall–Kier alpha value is -1.01. The van der Waals surface area contributed by atoms with E-state index in [-0.39, 0.29) is 12.3 Å². The Kier molecular flexibility index (Phi) is 7.52. The van der Waals surface area contributed by atoms with E-state index in [4.69, 9.17) is 5.11 Å². The van der Waals surface area contributed by atoms with E-state index in [1.165, 1.54) is 4.88 Å². The highest BCUT2D eigenvalue weighted by Gasteiger charge is 2.02. The highest BCUT2D eigenvalue weighted by atomic mass is 32.2. The number of thioether (sulfide) groups is 1. The van der Waals surface area contributed by atoms with E-state index in [2.05, 4.69) is 11.4 Å². The molecule has 0 aromatic carbocycles. The van der Waals surface area contributed by atoms with Crippen LogP contribution >= 0.6 is 23.1 Å². The first-order chi connectivity index (χ1) is 8.68. The maximum Gasteiger partial charge on any atom is 0.303 e. The molecule has 0 aliphatic rings. The monoisotopic (exact) mass is 287 g/mol. The number of carboxylic acid groups (broad SMARTS) is 1. The lowest BCUT2D eigenvalue weighted by Gasteiger charge is -2.04. The van der Waals surface area contributed by atoms with Gasteiger partial charge in [0.1, 0.15) is 0 Å². The van der Waals surface area contributed by atoms with Crippen molar-refractivity contribution in [3.63, 3.8) is 0 Å². The first kappa shape index (κ1) is 15.0. The number of carboxylic acids is 1. The summed E-state index contributed by atoms with van der Waals surface area (Å²) >= 11 is 3.29. The predicted molar refractivity (Wildman–Crippen MR) is 75.0 cm³/mol. The molecule has 0 spiro atoms. The minimum absolute atomic E-state index is 0.0203. The molecule has 0 saturated heterocycles. The number of rotatable bonds is 9. The van der Waals surface area contributed by atoms with E-state index in [9.17, 15) is 9.59 Å². The van der Waals surface area contributed by atoms with Gasteiger partial charge in [-0.3, -0.25) is 9.59 Å². The summed E-state index contributed by atoms with van der Waals surface area (Å²) in [7, 11) is 0. The lowest BCUT2D eigenvalue weighted by Crippen LogP contribution is -2.26. The second kappa shape index (κ2) is 8.99. The van der Waals surface area contributed by atoms with Crippen LogP contribution in [0.1, 0.15) is 24.1 Å². The Morgan fingerprint density at radius 3 is 2.89 bits per heavy atom. The molecule has 0 aliphatic carbocycles. The van der Waals surface area contributed by atoms with Crippen LogP contribution in [0.4, 0.5) is 0 Å². The Labute approximate surface area is 115 Å². The number of carbonyl (C=O) groups is 2. The molecule has 0 radical (unpaired) electrons. The van der Waals surface area contributed by atoms with Gasteiger partial charge < -0.3 is 10.4 Å². The standard InChI is InChI=1S/C12H17NO3S2/c14-11(13-6-2-1-5-12(15)16)9-17-8-10-4-3-7-18-10/h3-4,7H,1-2,5-6,8-9H2,(H,13,14)(H,15,16). The van der Waals surface area contributed by atoms with Gasteiger partial charge in [0.25, 0.3) is 0 Å². The molecule has 0 atom stereocenters. The molecule has 1 heterocycles. The van der Waals surface area contributed by atoms with Crippen molar-refractivity contribution in [1.29, 1.82) is 0 Å². The van der Waals surface area contributed by atoms with E-state index in [1.807, 2.05) is 11.4 Å². The van der Waals surface area contributed by atoms with Crippen molar-refractivity contribution in [2.45, 2.75) is 25.0 Å². The van der Waals surface area contributed by atoms with E-state index < -0.39 is 5.97 Å². The summed E-state index contributed by atoms with van der Waals surface area (Å²) in [4.78, 5) is 23.0. The molecule has 0 bridgehead atoms. The second-order valence-electron chi connectivity index (χ2n) is 3.77. The molecular formula is C12H17NO3S2. The molecule has 0 aliphatic heterocycles. The van der Waals surface area contributed by atoms with Crippen molar-refractivity contribution < 1.29 is 14.7 Å². The first-order valence-corrected chi connectivity index (χ1v) is 7.80. The van der Waals surface area contributed by atoms with Crippen molar-refractivity contribution in [3.05, 3.63) is 22.4 Å². The summed E-state index contributed by atoms with van der Waals surface area (Å²) in [5, 5.41) is 13.3.